The van der Waals surface area contributed by atoms with E-state index in [0.717, 1.165) is 19.3 Å². The van der Waals surface area contributed by atoms with Crippen LogP contribution in [0.15, 0.2) is 41.1 Å². The zero-order valence-electron chi connectivity index (χ0n) is 11.7. The maximum absolute atomic E-state index is 13.0. The van der Waals surface area contributed by atoms with Crippen molar-refractivity contribution in [1.29, 1.82) is 0 Å². The van der Waals surface area contributed by atoms with Crippen molar-refractivity contribution in [2.45, 2.75) is 13.1 Å². The maximum Gasteiger partial charge on any atom is 0.416 e. The van der Waals surface area contributed by atoms with Crippen LogP contribution in [0.2, 0.25) is 0 Å². The molecule has 1 aliphatic rings. The first-order valence-electron chi connectivity index (χ1n) is 6.24. The van der Waals surface area contributed by atoms with Gasteiger partial charge in [0.05, 0.1) is 23.8 Å². The van der Waals surface area contributed by atoms with Gasteiger partial charge in [0.25, 0.3) is 5.91 Å². The topological polar surface area (TPSA) is 55.4 Å². The van der Waals surface area contributed by atoms with E-state index in [-0.39, 0.29) is 22.4 Å². The number of ether oxygens (including phenoxy) is 1. The van der Waals surface area contributed by atoms with Gasteiger partial charge in [-0.1, -0.05) is 18.2 Å². The van der Waals surface area contributed by atoms with Crippen molar-refractivity contribution in [3.63, 3.8) is 0 Å². The van der Waals surface area contributed by atoms with Gasteiger partial charge in [-0.15, -0.1) is 0 Å². The minimum Gasteiger partial charge on any atom is -0.465 e. The van der Waals surface area contributed by atoms with Crippen LogP contribution in [0.4, 0.5) is 13.2 Å². The minimum atomic E-state index is -4.56. The second-order valence-electron chi connectivity index (χ2n) is 4.59. The molecule has 0 unspecified atom stereocenters. The fourth-order valence-electron chi connectivity index (χ4n) is 2.16. The van der Waals surface area contributed by atoms with Crippen molar-refractivity contribution in [2.24, 2.45) is 0 Å². The van der Waals surface area contributed by atoms with Crippen LogP contribution < -0.4 is 5.32 Å². The number of alkyl halides is 3. The maximum atomic E-state index is 13.0. The molecule has 1 aromatic rings. The van der Waals surface area contributed by atoms with Gasteiger partial charge in [-0.3, -0.25) is 4.79 Å². The SMILES string of the molecule is COC(=O)C1=C(C)NC(=O)/C1=C\c1ccccc1C(F)(F)F. The van der Waals surface area contributed by atoms with Gasteiger partial charge in [-0.25, -0.2) is 4.79 Å². The lowest BCUT2D eigenvalue weighted by Gasteiger charge is -2.10. The Balaban J connectivity index is 2.58. The second-order valence-corrected chi connectivity index (χ2v) is 4.59. The molecule has 4 nitrogen and oxygen atoms in total. The summed E-state index contributed by atoms with van der Waals surface area (Å²) in [6.45, 7) is 1.47. The molecular formula is C15H12F3NO3. The van der Waals surface area contributed by atoms with Crippen molar-refractivity contribution in [3.05, 3.63) is 52.2 Å². The number of halogens is 3. The Hall–Kier alpha value is -2.57. The van der Waals surface area contributed by atoms with Crippen molar-refractivity contribution >= 4 is 18.0 Å². The van der Waals surface area contributed by atoms with E-state index >= 15 is 0 Å². The largest absolute Gasteiger partial charge is 0.465 e. The number of allylic oxidation sites excluding steroid dienone is 1. The highest BCUT2D eigenvalue weighted by atomic mass is 19.4. The first kappa shape index (κ1) is 15.8. The summed E-state index contributed by atoms with van der Waals surface area (Å²) in [6, 6.07) is 4.81. The normalized spacial score (nSPS) is 17.0. The van der Waals surface area contributed by atoms with Crippen LogP contribution in [0, 0.1) is 0 Å². The molecule has 0 aromatic heterocycles. The predicted molar refractivity (Wildman–Crippen MR) is 72.3 cm³/mol. The summed E-state index contributed by atoms with van der Waals surface area (Å²) < 4.78 is 43.5. The van der Waals surface area contributed by atoms with Gasteiger partial charge in [-0.2, -0.15) is 13.2 Å². The molecule has 1 amide bonds. The Morgan fingerprint density at radius 2 is 1.91 bits per heavy atom. The Morgan fingerprint density at radius 1 is 1.27 bits per heavy atom. The summed E-state index contributed by atoms with van der Waals surface area (Å²) in [5.74, 6) is -1.43. The lowest BCUT2D eigenvalue weighted by atomic mass is 10.0. The molecule has 0 atom stereocenters. The van der Waals surface area contributed by atoms with E-state index < -0.39 is 23.6 Å². The molecule has 0 fully saturated rings. The summed E-state index contributed by atoms with van der Waals surface area (Å²) >= 11 is 0. The van der Waals surface area contributed by atoms with Gasteiger partial charge in [0.1, 0.15) is 0 Å². The molecule has 116 valence electrons. The Morgan fingerprint density at radius 3 is 2.50 bits per heavy atom. The molecule has 1 aliphatic heterocycles. The van der Waals surface area contributed by atoms with Gasteiger partial charge in [0, 0.05) is 5.70 Å². The highest BCUT2D eigenvalue weighted by Gasteiger charge is 2.35. The molecule has 0 radical (unpaired) electrons. The zero-order valence-corrected chi connectivity index (χ0v) is 11.7. The third kappa shape index (κ3) is 2.88. The van der Waals surface area contributed by atoms with Gasteiger partial charge >= 0.3 is 12.1 Å². The number of amides is 1. The zero-order chi connectivity index (χ0) is 16.5. The van der Waals surface area contributed by atoms with Crippen molar-refractivity contribution in [1.82, 2.24) is 5.32 Å². The molecule has 7 heteroatoms. The van der Waals surface area contributed by atoms with Gasteiger partial charge < -0.3 is 10.1 Å². The predicted octanol–water partition coefficient (Wildman–Crippen LogP) is 2.67. The standard InChI is InChI=1S/C15H12F3NO3/c1-8-12(14(21)22-2)10(13(20)19-8)7-9-5-3-4-6-11(9)15(16,17)18/h3-7H,1-2H3,(H,19,20)/b10-7-. The molecule has 0 saturated carbocycles. The van der Waals surface area contributed by atoms with E-state index in [9.17, 15) is 22.8 Å². The van der Waals surface area contributed by atoms with E-state index in [1.165, 1.54) is 25.1 Å². The summed E-state index contributed by atoms with van der Waals surface area (Å²) in [7, 11) is 1.13. The Kier molecular flexibility index (Phi) is 4.07. The lowest BCUT2D eigenvalue weighted by molar-refractivity contribution is -0.138. The molecule has 0 aliphatic carbocycles. The Labute approximate surface area is 124 Å². The molecular weight excluding hydrogens is 299 g/mol. The van der Waals surface area contributed by atoms with E-state index in [1.807, 2.05) is 0 Å². The molecule has 22 heavy (non-hydrogen) atoms. The van der Waals surface area contributed by atoms with E-state index in [1.54, 1.807) is 0 Å². The van der Waals surface area contributed by atoms with Crippen molar-refractivity contribution in [3.8, 4) is 0 Å². The number of nitrogens with one attached hydrogen (secondary N) is 1. The molecule has 0 spiro atoms. The molecule has 2 rings (SSSR count). The fourth-order valence-corrected chi connectivity index (χ4v) is 2.16. The number of carbonyl (C=O) groups excluding carboxylic acids is 2. The van der Waals surface area contributed by atoms with Gasteiger partial charge in [-0.05, 0) is 24.6 Å². The van der Waals surface area contributed by atoms with Crippen LogP contribution in [0.1, 0.15) is 18.1 Å². The quantitative estimate of drug-likeness (QED) is 0.675. The second kappa shape index (κ2) is 5.67. The van der Waals surface area contributed by atoms with Crippen LogP contribution >= 0.6 is 0 Å². The summed E-state index contributed by atoms with van der Waals surface area (Å²) in [6.07, 6.45) is -3.52. The fraction of sp³-hybridized carbons (Fsp3) is 0.200. The van der Waals surface area contributed by atoms with Crippen LogP contribution in [-0.2, 0) is 20.5 Å². The number of hydrogen-bond acceptors (Lipinski definition) is 3. The number of carbonyl (C=O) groups is 2. The first-order valence-corrected chi connectivity index (χ1v) is 6.24. The van der Waals surface area contributed by atoms with Gasteiger partial charge in [0.15, 0.2) is 0 Å². The molecule has 1 aromatic carbocycles. The number of rotatable bonds is 2. The van der Waals surface area contributed by atoms with Crippen LogP contribution in [0.3, 0.4) is 0 Å². The van der Waals surface area contributed by atoms with Crippen LogP contribution in [0.25, 0.3) is 6.08 Å². The van der Waals surface area contributed by atoms with E-state index in [0.29, 0.717) is 0 Å². The molecule has 1 N–H and O–H groups in total. The van der Waals surface area contributed by atoms with Gasteiger partial charge in [0.2, 0.25) is 0 Å². The smallest absolute Gasteiger partial charge is 0.416 e. The van der Waals surface area contributed by atoms with E-state index in [4.69, 9.17) is 0 Å². The molecule has 0 saturated heterocycles. The summed E-state index contributed by atoms with van der Waals surface area (Å²) in [5.41, 5.74) is -1.06. The number of hydrogen-bond donors (Lipinski definition) is 1. The summed E-state index contributed by atoms with van der Waals surface area (Å²) in [4.78, 5) is 23.6. The van der Waals surface area contributed by atoms with Crippen LogP contribution in [-0.4, -0.2) is 19.0 Å². The lowest BCUT2D eigenvalue weighted by Crippen LogP contribution is -2.15. The first-order chi connectivity index (χ1) is 10.3. The highest BCUT2D eigenvalue weighted by molar-refractivity contribution is 6.16. The number of benzene rings is 1. The monoisotopic (exact) mass is 311 g/mol. The summed E-state index contributed by atoms with van der Waals surface area (Å²) in [5, 5.41) is 2.40. The number of esters is 1. The molecule has 0 bridgehead atoms. The average molecular weight is 311 g/mol. The van der Waals surface area contributed by atoms with E-state index in [2.05, 4.69) is 10.1 Å². The van der Waals surface area contributed by atoms with Crippen molar-refractivity contribution < 1.29 is 27.5 Å². The minimum absolute atomic E-state index is 0.0653. The third-order valence-electron chi connectivity index (χ3n) is 3.15. The average Bonchev–Trinajstić information content (AvgIpc) is 2.72. The molecule has 1 heterocycles. The number of methoxy groups -OCH3 is 1. The van der Waals surface area contributed by atoms with Crippen molar-refractivity contribution in [2.75, 3.05) is 7.11 Å². The van der Waals surface area contributed by atoms with Crippen LogP contribution in [0.5, 0.6) is 0 Å². The highest BCUT2D eigenvalue weighted by Crippen LogP contribution is 2.34. The Bertz CT molecular complexity index is 702. The third-order valence-corrected chi connectivity index (χ3v) is 3.15.